The smallest absolute Gasteiger partial charge is 0.254 e. The fraction of sp³-hybridized carbons (Fsp3) is 0.294. The average Bonchev–Trinajstić information content (AvgIpc) is 3.33. The van der Waals surface area contributed by atoms with Crippen molar-refractivity contribution in [2.75, 3.05) is 0 Å². The molecule has 23 heavy (non-hydrogen) atoms. The van der Waals surface area contributed by atoms with Crippen LogP contribution in [0.4, 0.5) is 8.78 Å². The average molecular weight is 318 g/mol. The van der Waals surface area contributed by atoms with E-state index in [1.165, 1.54) is 29.0 Å². The Balaban J connectivity index is 1.88. The first-order chi connectivity index (χ1) is 11.0. The van der Waals surface area contributed by atoms with Crippen LogP contribution in [0.3, 0.4) is 0 Å². The van der Waals surface area contributed by atoms with Crippen LogP contribution in [0.25, 0.3) is 0 Å². The molecule has 0 spiro atoms. The number of aryl methyl sites for hydroxylation is 1. The molecule has 0 atom stereocenters. The lowest BCUT2D eigenvalue weighted by Gasteiger charge is -2.23. The summed E-state index contributed by atoms with van der Waals surface area (Å²) in [4.78, 5) is 25.9. The molecule has 1 heterocycles. The summed E-state index contributed by atoms with van der Waals surface area (Å²) in [5.74, 6) is -1.64. The van der Waals surface area contributed by atoms with E-state index in [1.807, 2.05) is 0 Å². The second kappa shape index (κ2) is 5.95. The monoisotopic (exact) mass is 318 g/mol. The van der Waals surface area contributed by atoms with E-state index in [9.17, 15) is 18.4 Å². The van der Waals surface area contributed by atoms with Crippen LogP contribution < -0.4 is 5.56 Å². The fourth-order valence-corrected chi connectivity index (χ4v) is 2.43. The van der Waals surface area contributed by atoms with Gasteiger partial charge in [0.15, 0.2) is 0 Å². The van der Waals surface area contributed by atoms with Gasteiger partial charge >= 0.3 is 0 Å². The Morgan fingerprint density at radius 1 is 1.26 bits per heavy atom. The molecule has 1 fully saturated rings. The van der Waals surface area contributed by atoms with Crippen LogP contribution in [0.2, 0.25) is 0 Å². The van der Waals surface area contributed by atoms with Crippen LogP contribution >= 0.6 is 0 Å². The van der Waals surface area contributed by atoms with Gasteiger partial charge in [0.2, 0.25) is 0 Å². The largest absolute Gasteiger partial charge is 0.331 e. The molecule has 0 saturated heterocycles. The van der Waals surface area contributed by atoms with Gasteiger partial charge in [-0.1, -0.05) is 6.07 Å². The summed E-state index contributed by atoms with van der Waals surface area (Å²) in [6.45, 7) is 0.0603. The summed E-state index contributed by atoms with van der Waals surface area (Å²) in [5.41, 5.74) is 0.262. The number of rotatable bonds is 4. The lowest BCUT2D eigenvalue weighted by Crippen LogP contribution is -2.34. The van der Waals surface area contributed by atoms with Crippen molar-refractivity contribution in [2.45, 2.75) is 25.4 Å². The van der Waals surface area contributed by atoms with E-state index >= 15 is 0 Å². The Hall–Kier alpha value is -2.50. The maximum atomic E-state index is 13.8. The third-order valence-electron chi connectivity index (χ3n) is 3.96. The second-order valence-corrected chi connectivity index (χ2v) is 5.76. The molecule has 120 valence electrons. The van der Waals surface area contributed by atoms with Gasteiger partial charge in [-0.05, 0) is 25.0 Å². The van der Waals surface area contributed by atoms with Gasteiger partial charge in [-0.3, -0.25) is 9.59 Å². The number of carbonyl (C=O) groups excluding carboxylic acids is 1. The highest BCUT2D eigenvalue weighted by Crippen LogP contribution is 2.30. The highest BCUT2D eigenvalue weighted by Gasteiger charge is 2.33. The van der Waals surface area contributed by atoms with E-state index in [2.05, 4.69) is 0 Å². The summed E-state index contributed by atoms with van der Waals surface area (Å²) in [7, 11) is 1.60. The minimum atomic E-state index is -0.674. The van der Waals surface area contributed by atoms with Crippen molar-refractivity contribution in [3.8, 4) is 0 Å². The number of aromatic nitrogens is 1. The fourth-order valence-electron chi connectivity index (χ4n) is 2.43. The molecule has 2 aromatic rings. The molecule has 1 aliphatic carbocycles. The predicted octanol–water partition coefficient (Wildman–Crippen LogP) is 2.47. The molecule has 6 heteroatoms. The molecule has 4 nitrogen and oxygen atoms in total. The summed E-state index contributed by atoms with van der Waals surface area (Å²) in [6, 6.07) is 6.21. The summed E-state index contributed by atoms with van der Waals surface area (Å²) in [6.07, 6.45) is 3.22. The lowest BCUT2D eigenvalue weighted by atomic mass is 10.1. The number of benzene rings is 1. The zero-order valence-corrected chi connectivity index (χ0v) is 12.6. The van der Waals surface area contributed by atoms with E-state index in [1.54, 1.807) is 18.0 Å². The first kappa shape index (κ1) is 15.4. The second-order valence-electron chi connectivity index (χ2n) is 5.76. The standard InChI is InChI=1S/C17H16F2N2O2/c1-20-7-6-11(8-16(20)22)17(23)21(14-4-5-14)10-12-2-3-13(18)9-15(12)19/h2-3,6-9,14H,4-5,10H2,1H3. The van der Waals surface area contributed by atoms with Crippen LogP contribution in [0.5, 0.6) is 0 Å². The highest BCUT2D eigenvalue weighted by atomic mass is 19.1. The van der Waals surface area contributed by atoms with Crippen LogP contribution in [-0.4, -0.2) is 21.4 Å². The van der Waals surface area contributed by atoms with Crippen molar-refractivity contribution in [1.29, 1.82) is 0 Å². The molecule has 0 unspecified atom stereocenters. The minimum Gasteiger partial charge on any atom is -0.331 e. The van der Waals surface area contributed by atoms with Crippen molar-refractivity contribution in [1.82, 2.24) is 9.47 Å². The molecule has 1 saturated carbocycles. The van der Waals surface area contributed by atoms with Crippen molar-refractivity contribution >= 4 is 5.91 Å². The van der Waals surface area contributed by atoms with Crippen LogP contribution in [0.1, 0.15) is 28.8 Å². The Morgan fingerprint density at radius 3 is 2.61 bits per heavy atom. The normalized spacial score (nSPS) is 13.9. The maximum absolute atomic E-state index is 13.8. The van der Waals surface area contributed by atoms with Gasteiger partial charge < -0.3 is 9.47 Å². The minimum absolute atomic E-state index is 0.0380. The lowest BCUT2D eigenvalue weighted by molar-refractivity contribution is 0.0728. The molecule has 0 radical (unpaired) electrons. The van der Waals surface area contributed by atoms with Crippen LogP contribution in [0, 0.1) is 11.6 Å². The number of pyridine rings is 1. The molecule has 1 aliphatic rings. The predicted molar refractivity (Wildman–Crippen MR) is 80.9 cm³/mol. The van der Waals surface area contributed by atoms with Gasteiger partial charge in [-0.15, -0.1) is 0 Å². The molecule has 1 aromatic heterocycles. The van der Waals surface area contributed by atoms with Gasteiger partial charge in [0.1, 0.15) is 11.6 Å². The first-order valence-corrected chi connectivity index (χ1v) is 7.37. The molecule has 3 rings (SSSR count). The molecule has 0 N–H and O–H groups in total. The van der Waals surface area contributed by atoms with Gasteiger partial charge in [-0.25, -0.2) is 8.78 Å². The molecule has 0 aliphatic heterocycles. The van der Waals surface area contributed by atoms with E-state index in [4.69, 9.17) is 0 Å². The highest BCUT2D eigenvalue weighted by molar-refractivity contribution is 5.94. The van der Waals surface area contributed by atoms with Crippen molar-refractivity contribution in [2.24, 2.45) is 7.05 Å². The van der Waals surface area contributed by atoms with E-state index in [0.717, 1.165) is 18.9 Å². The summed E-state index contributed by atoms with van der Waals surface area (Å²) >= 11 is 0. The number of hydrogen-bond acceptors (Lipinski definition) is 2. The van der Waals surface area contributed by atoms with Gasteiger partial charge in [0.25, 0.3) is 11.5 Å². The van der Waals surface area contributed by atoms with Gasteiger partial charge in [-0.2, -0.15) is 0 Å². The third kappa shape index (κ3) is 3.31. The molecule has 1 amide bonds. The SMILES string of the molecule is Cn1ccc(C(=O)N(Cc2ccc(F)cc2F)C2CC2)cc1=O. The number of amides is 1. The van der Waals surface area contributed by atoms with E-state index in [0.29, 0.717) is 0 Å². The van der Waals surface area contributed by atoms with E-state index in [-0.39, 0.29) is 35.2 Å². The third-order valence-corrected chi connectivity index (χ3v) is 3.96. The Labute approximate surface area is 132 Å². The van der Waals surface area contributed by atoms with Gasteiger partial charge in [0, 0.05) is 49.1 Å². The van der Waals surface area contributed by atoms with Crippen LogP contribution in [-0.2, 0) is 13.6 Å². The molecule has 1 aromatic carbocycles. The summed E-state index contributed by atoms with van der Waals surface area (Å²) < 4.78 is 28.2. The zero-order valence-electron chi connectivity index (χ0n) is 12.6. The Bertz CT molecular complexity index is 812. The first-order valence-electron chi connectivity index (χ1n) is 7.37. The Kier molecular flexibility index (Phi) is 3.98. The molecule has 0 bridgehead atoms. The number of nitrogens with zero attached hydrogens (tertiary/aromatic N) is 2. The number of halogens is 2. The number of carbonyl (C=O) groups is 1. The van der Waals surface area contributed by atoms with Crippen LogP contribution in [0.15, 0.2) is 41.3 Å². The topological polar surface area (TPSA) is 42.3 Å². The van der Waals surface area contributed by atoms with Gasteiger partial charge in [0.05, 0.1) is 0 Å². The van der Waals surface area contributed by atoms with E-state index < -0.39 is 11.6 Å². The Morgan fingerprint density at radius 2 is 2.00 bits per heavy atom. The van der Waals surface area contributed by atoms with Crippen molar-refractivity contribution < 1.29 is 13.6 Å². The summed E-state index contributed by atoms with van der Waals surface area (Å²) in [5, 5.41) is 0. The van der Waals surface area contributed by atoms with Crippen molar-refractivity contribution in [3.05, 3.63) is 69.6 Å². The molecular formula is C17H16F2N2O2. The number of hydrogen-bond donors (Lipinski definition) is 0. The molecular weight excluding hydrogens is 302 g/mol. The zero-order chi connectivity index (χ0) is 16.6. The quantitative estimate of drug-likeness (QED) is 0.869. The van der Waals surface area contributed by atoms with Crippen molar-refractivity contribution in [3.63, 3.8) is 0 Å². The maximum Gasteiger partial charge on any atom is 0.254 e.